The van der Waals surface area contributed by atoms with E-state index >= 15 is 0 Å². The number of thiazole rings is 1. The molecule has 0 spiro atoms. The Labute approximate surface area is 84.1 Å². The lowest BCUT2D eigenvalue weighted by Crippen LogP contribution is -1.91. The standard InChI is InChI=1S/C8H7ClN2OS/c1-12-6-3-7-5(2-4(6)10)11-8(9)13-7/h2-3H,10H2,1H3. The number of aromatic nitrogens is 1. The van der Waals surface area contributed by atoms with Gasteiger partial charge in [-0.25, -0.2) is 4.98 Å². The molecule has 0 atom stereocenters. The molecule has 2 N–H and O–H groups in total. The van der Waals surface area contributed by atoms with Crippen molar-refractivity contribution < 1.29 is 4.74 Å². The van der Waals surface area contributed by atoms with Crippen LogP contribution >= 0.6 is 22.9 Å². The number of nitrogens with zero attached hydrogens (tertiary/aromatic N) is 1. The van der Waals surface area contributed by atoms with Gasteiger partial charge in [0.05, 0.1) is 23.0 Å². The van der Waals surface area contributed by atoms with Crippen LogP contribution in [0.2, 0.25) is 4.47 Å². The van der Waals surface area contributed by atoms with E-state index in [0.717, 1.165) is 10.2 Å². The summed E-state index contributed by atoms with van der Waals surface area (Å²) < 4.78 is 6.57. The smallest absolute Gasteiger partial charge is 0.184 e. The molecule has 0 aliphatic rings. The van der Waals surface area contributed by atoms with Gasteiger partial charge in [0.2, 0.25) is 0 Å². The fraction of sp³-hybridized carbons (Fsp3) is 0.125. The van der Waals surface area contributed by atoms with Gasteiger partial charge in [0.25, 0.3) is 0 Å². The van der Waals surface area contributed by atoms with E-state index in [0.29, 0.717) is 15.9 Å². The zero-order valence-corrected chi connectivity index (χ0v) is 8.45. The quantitative estimate of drug-likeness (QED) is 0.743. The van der Waals surface area contributed by atoms with Gasteiger partial charge in [-0.15, -0.1) is 11.3 Å². The van der Waals surface area contributed by atoms with Gasteiger partial charge in [0, 0.05) is 6.07 Å². The number of hydrogen-bond acceptors (Lipinski definition) is 4. The monoisotopic (exact) mass is 214 g/mol. The summed E-state index contributed by atoms with van der Waals surface area (Å²) in [6, 6.07) is 3.60. The summed E-state index contributed by atoms with van der Waals surface area (Å²) in [4.78, 5) is 4.10. The Morgan fingerprint density at radius 1 is 1.54 bits per heavy atom. The van der Waals surface area contributed by atoms with E-state index in [2.05, 4.69) is 4.98 Å². The maximum atomic E-state index is 5.76. The molecule has 2 rings (SSSR count). The topological polar surface area (TPSA) is 48.1 Å². The van der Waals surface area contributed by atoms with Crippen LogP contribution in [0.25, 0.3) is 10.2 Å². The number of benzene rings is 1. The fourth-order valence-electron chi connectivity index (χ4n) is 1.12. The molecule has 0 saturated carbocycles. The molecule has 1 heterocycles. The van der Waals surface area contributed by atoms with Crippen LogP contribution in [0.1, 0.15) is 0 Å². The number of methoxy groups -OCH3 is 1. The summed E-state index contributed by atoms with van der Waals surface area (Å²) in [5.74, 6) is 0.660. The normalized spacial score (nSPS) is 10.6. The molecule has 0 aliphatic heterocycles. The minimum atomic E-state index is 0.516. The second kappa shape index (κ2) is 3.05. The van der Waals surface area contributed by atoms with Crippen LogP contribution in [0.4, 0.5) is 5.69 Å². The van der Waals surface area contributed by atoms with Crippen molar-refractivity contribution in [1.82, 2.24) is 4.98 Å². The lowest BCUT2D eigenvalue weighted by Gasteiger charge is -2.02. The van der Waals surface area contributed by atoms with Crippen LogP contribution in [0, 0.1) is 0 Å². The average Bonchev–Trinajstić information content (AvgIpc) is 2.42. The number of nitrogens with two attached hydrogens (primary N) is 1. The van der Waals surface area contributed by atoms with Gasteiger partial charge >= 0.3 is 0 Å². The summed E-state index contributed by atoms with van der Waals surface area (Å²) in [6.07, 6.45) is 0. The molecule has 2 aromatic rings. The number of ether oxygens (including phenoxy) is 1. The fourth-order valence-corrected chi connectivity index (χ4v) is 2.16. The highest BCUT2D eigenvalue weighted by molar-refractivity contribution is 7.22. The molecule has 1 aromatic heterocycles. The summed E-state index contributed by atoms with van der Waals surface area (Å²) in [6.45, 7) is 0. The Morgan fingerprint density at radius 3 is 3.00 bits per heavy atom. The predicted molar refractivity (Wildman–Crippen MR) is 55.6 cm³/mol. The van der Waals surface area contributed by atoms with Crippen molar-refractivity contribution in [3.8, 4) is 5.75 Å². The van der Waals surface area contributed by atoms with Crippen molar-refractivity contribution in [3.05, 3.63) is 16.6 Å². The second-order valence-corrected chi connectivity index (χ2v) is 4.14. The highest BCUT2D eigenvalue weighted by atomic mass is 35.5. The minimum Gasteiger partial charge on any atom is -0.495 e. The summed E-state index contributed by atoms with van der Waals surface area (Å²) in [5, 5.41) is 0. The molecule has 0 radical (unpaired) electrons. The van der Waals surface area contributed by atoms with E-state index in [1.165, 1.54) is 11.3 Å². The number of anilines is 1. The Kier molecular flexibility index (Phi) is 2.01. The zero-order chi connectivity index (χ0) is 9.42. The Morgan fingerprint density at radius 2 is 2.31 bits per heavy atom. The Balaban J connectivity index is 2.72. The van der Waals surface area contributed by atoms with Gasteiger partial charge in [0.15, 0.2) is 4.47 Å². The summed E-state index contributed by atoms with van der Waals surface area (Å²) in [7, 11) is 1.58. The molecule has 0 unspecified atom stereocenters. The maximum Gasteiger partial charge on any atom is 0.184 e. The van der Waals surface area contributed by atoms with Crippen molar-refractivity contribution in [2.45, 2.75) is 0 Å². The molecule has 13 heavy (non-hydrogen) atoms. The first-order valence-electron chi connectivity index (χ1n) is 3.60. The molecular weight excluding hydrogens is 208 g/mol. The van der Waals surface area contributed by atoms with Crippen molar-refractivity contribution in [2.24, 2.45) is 0 Å². The van der Waals surface area contributed by atoms with Crippen molar-refractivity contribution in [1.29, 1.82) is 0 Å². The third-order valence-corrected chi connectivity index (χ3v) is 2.84. The molecular formula is C8H7ClN2OS. The SMILES string of the molecule is COc1cc2sc(Cl)nc2cc1N. The lowest BCUT2D eigenvalue weighted by atomic mass is 10.3. The van der Waals surface area contributed by atoms with Gasteiger partial charge in [-0.2, -0.15) is 0 Å². The third-order valence-electron chi connectivity index (χ3n) is 1.71. The summed E-state index contributed by atoms with van der Waals surface area (Å²) in [5.41, 5.74) is 7.10. The largest absolute Gasteiger partial charge is 0.495 e. The summed E-state index contributed by atoms with van der Waals surface area (Å²) >= 11 is 7.17. The number of rotatable bonds is 1. The molecule has 0 amide bonds. The van der Waals surface area contributed by atoms with Crippen LogP contribution in [0.15, 0.2) is 12.1 Å². The molecule has 0 bridgehead atoms. The Bertz CT molecular complexity index is 455. The van der Waals surface area contributed by atoms with Gasteiger partial charge in [-0.3, -0.25) is 0 Å². The van der Waals surface area contributed by atoms with Crippen LogP contribution < -0.4 is 10.5 Å². The molecule has 5 heteroatoms. The molecule has 0 saturated heterocycles. The third kappa shape index (κ3) is 1.43. The van der Waals surface area contributed by atoms with E-state index in [-0.39, 0.29) is 0 Å². The van der Waals surface area contributed by atoms with E-state index in [9.17, 15) is 0 Å². The Hall–Kier alpha value is -1.00. The van der Waals surface area contributed by atoms with E-state index in [1.807, 2.05) is 6.07 Å². The van der Waals surface area contributed by atoms with Gasteiger partial charge in [-0.1, -0.05) is 11.6 Å². The first-order chi connectivity index (χ1) is 6.20. The first kappa shape index (κ1) is 8.59. The predicted octanol–water partition coefficient (Wildman–Crippen LogP) is 2.54. The van der Waals surface area contributed by atoms with Crippen molar-refractivity contribution in [2.75, 3.05) is 12.8 Å². The number of halogens is 1. The molecule has 1 aromatic carbocycles. The molecule has 3 nitrogen and oxygen atoms in total. The molecule has 0 aliphatic carbocycles. The van der Waals surface area contributed by atoms with E-state index < -0.39 is 0 Å². The zero-order valence-electron chi connectivity index (χ0n) is 6.87. The van der Waals surface area contributed by atoms with Gasteiger partial charge < -0.3 is 10.5 Å². The highest BCUT2D eigenvalue weighted by Crippen LogP contribution is 2.32. The number of hydrogen-bond donors (Lipinski definition) is 1. The van der Waals surface area contributed by atoms with E-state index in [1.54, 1.807) is 13.2 Å². The highest BCUT2D eigenvalue weighted by Gasteiger charge is 2.06. The maximum absolute atomic E-state index is 5.76. The van der Waals surface area contributed by atoms with Crippen LogP contribution in [0.5, 0.6) is 5.75 Å². The van der Waals surface area contributed by atoms with Gasteiger partial charge in [0.1, 0.15) is 5.75 Å². The second-order valence-electron chi connectivity index (χ2n) is 2.53. The lowest BCUT2D eigenvalue weighted by molar-refractivity contribution is 0.417. The minimum absolute atomic E-state index is 0.516. The molecule has 68 valence electrons. The van der Waals surface area contributed by atoms with Crippen LogP contribution in [0.3, 0.4) is 0 Å². The first-order valence-corrected chi connectivity index (χ1v) is 4.79. The van der Waals surface area contributed by atoms with Crippen LogP contribution in [-0.2, 0) is 0 Å². The number of nitrogen functional groups attached to an aromatic ring is 1. The van der Waals surface area contributed by atoms with Gasteiger partial charge in [-0.05, 0) is 6.07 Å². The number of fused-ring (bicyclic) bond motifs is 1. The van der Waals surface area contributed by atoms with Crippen molar-refractivity contribution in [3.63, 3.8) is 0 Å². The van der Waals surface area contributed by atoms with Crippen LogP contribution in [-0.4, -0.2) is 12.1 Å². The van der Waals surface area contributed by atoms with E-state index in [4.69, 9.17) is 22.1 Å². The van der Waals surface area contributed by atoms with Crippen molar-refractivity contribution >= 4 is 38.8 Å². The molecule has 0 fully saturated rings. The average molecular weight is 215 g/mol.